The number of hydrogen-bond donors (Lipinski definition) is 1. The number of hydrogen-bond acceptors (Lipinski definition) is 5. The van der Waals surface area contributed by atoms with Crippen LogP contribution in [0.15, 0.2) is 66.7 Å². The zero-order valence-corrected chi connectivity index (χ0v) is 19.8. The van der Waals surface area contributed by atoms with Gasteiger partial charge in [-0.2, -0.15) is 0 Å². The van der Waals surface area contributed by atoms with Crippen molar-refractivity contribution in [1.82, 2.24) is 4.90 Å². The molecule has 0 aliphatic carbocycles. The van der Waals surface area contributed by atoms with Crippen LogP contribution in [0.2, 0.25) is 0 Å². The lowest BCUT2D eigenvalue weighted by Crippen LogP contribution is -2.29. The van der Waals surface area contributed by atoms with Crippen LogP contribution in [0.25, 0.3) is 0 Å². The van der Waals surface area contributed by atoms with E-state index in [1.54, 1.807) is 71.6 Å². The maximum Gasteiger partial charge on any atom is 0.261 e. The molecule has 4 amide bonds. The summed E-state index contributed by atoms with van der Waals surface area (Å²) in [6.07, 6.45) is 1.39. The van der Waals surface area contributed by atoms with Crippen molar-refractivity contribution in [3.05, 3.63) is 89.0 Å². The summed E-state index contributed by atoms with van der Waals surface area (Å²) in [6.45, 7) is 2.93. The van der Waals surface area contributed by atoms with Crippen molar-refractivity contribution < 1.29 is 23.9 Å². The second-order valence-corrected chi connectivity index (χ2v) is 8.66. The van der Waals surface area contributed by atoms with Gasteiger partial charge in [0.25, 0.3) is 17.7 Å². The third-order valence-electron chi connectivity index (χ3n) is 6.32. The van der Waals surface area contributed by atoms with Gasteiger partial charge in [0.1, 0.15) is 5.75 Å². The Labute approximate surface area is 208 Å². The predicted molar refractivity (Wildman–Crippen MR) is 134 cm³/mol. The van der Waals surface area contributed by atoms with E-state index in [0.717, 1.165) is 12.1 Å². The lowest BCUT2D eigenvalue weighted by molar-refractivity contribution is -0.117. The lowest BCUT2D eigenvalue weighted by atomic mass is 10.1. The number of fused-ring (bicyclic) bond motifs is 1. The average Bonchev–Trinajstić information content (AvgIpc) is 3.42. The zero-order valence-electron chi connectivity index (χ0n) is 19.8. The standard InChI is InChI=1S/C28H25N3O5/c1-2-36-24-14-9-18(17-31-27(34)21-6-3-4-7-22(21)28(31)35)16-23(24)26(33)29-19-10-12-20(13-11-19)30-15-5-8-25(30)32/h3-4,6-7,9-14,16H,2,5,8,15,17H2,1H3,(H,29,33). The zero-order chi connectivity index (χ0) is 25.2. The van der Waals surface area contributed by atoms with Crippen molar-refractivity contribution in [2.75, 3.05) is 23.4 Å². The normalized spacial score (nSPS) is 14.9. The lowest BCUT2D eigenvalue weighted by Gasteiger charge is -2.17. The van der Waals surface area contributed by atoms with Crippen LogP contribution < -0.4 is 15.0 Å². The molecule has 0 aromatic heterocycles. The van der Waals surface area contributed by atoms with E-state index in [1.807, 2.05) is 6.92 Å². The van der Waals surface area contributed by atoms with Gasteiger partial charge in [0.15, 0.2) is 0 Å². The largest absolute Gasteiger partial charge is 0.493 e. The van der Waals surface area contributed by atoms with Crippen molar-refractivity contribution in [2.45, 2.75) is 26.3 Å². The highest BCUT2D eigenvalue weighted by molar-refractivity contribution is 6.21. The number of nitrogens with zero attached hydrogens (tertiary/aromatic N) is 2. The first-order valence-corrected chi connectivity index (χ1v) is 11.9. The number of amides is 4. The van der Waals surface area contributed by atoms with Crippen LogP contribution in [0, 0.1) is 0 Å². The molecule has 8 nitrogen and oxygen atoms in total. The minimum atomic E-state index is -0.382. The molecule has 3 aromatic carbocycles. The van der Waals surface area contributed by atoms with Gasteiger partial charge in [-0.1, -0.05) is 18.2 Å². The number of rotatable bonds is 7. The maximum absolute atomic E-state index is 13.2. The Bertz CT molecular complexity index is 1330. The van der Waals surface area contributed by atoms with Crippen LogP contribution >= 0.6 is 0 Å². The highest BCUT2D eigenvalue weighted by Gasteiger charge is 2.35. The van der Waals surface area contributed by atoms with Crippen molar-refractivity contribution in [3.8, 4) is 5.75 Å². The number of imide groups is 1. The summed E-state index contributed by atoms with van der Waals surface area (Å²) in [5.41, 5.74) is 3.05. The van der Waals surface area contributed by atoms with E-state index in [1.165, 1.54) is 4.90 Å². The molecule has 2 aliphatic rings. The molecule has 1 N–H and O–H groups in total. The molecule has 3 aromatic rings. The topological polar surface area (TPSA) is 96.0 Å². The molecule has 0 saturated carbocycles. The number of anilines is 2. The second-order valence-electron chi connectivity index (χ2n) is 8.66. The molecule has 2 heterocycles. The average molecular weight is 484 g/mol. The Morgan fingerprint density at radius 1 is 0.944 bits per heavy atom. The molecule has 182 valence electrons. The van der Waals surface area contributed by atoms with Gasteiger partial charge in [0.2, 0.25) is 5.91 Å². The minimum absolute atomic E-state index is 0.0393. The quantitative estimate of drug-likeness (QED) is 0.507. The van der Waals surface area contributed by atoms with Gasteiger partial charge >= 0.3 is 0 Å². The smallest absolute Gasteiger partial charge is 0.261 e. The Morgan fingerprint density at radius 2 is 1.64 bits per heavy atom. The molecule has 1 saturated heterocycles. The summed E-state index contributed by atoms with van der Waals surface area (Å²) < 4.78 is 5.66. The van der Waals surface area contributed by atoms with Crippen LogP contribution in [-0.2, 0) is 11.3 Å². The van der Waals surface area contributed by atoms with Gasteiger partial charge in [-0.05, 0) is 67.4 Å². The van der Waals surface area contributed by atoms with Crippen molar-refractivity contribution in [2.24, 2.45) is 0 Å². The van der Waals surface area contributed by atoms with Crippen molar-refractivity contribution >= 4 is 35.0 Å². The monoisotopic (exact) mass is 483 g/mol. The Kier molecular flexibility index (Phi) is 6.25. The van der Waals surface area contributed by atoms with Gasteiger partial charge in [0, 0.05) is 24.3 Å². The summed E-state index contributed by atoms with van der Waals surface area (Å²) in [7, 11) is 0. The van der Waals surface area contributed by atoms with Crippen LogP contribution in [0.4, 0.5) is 11.4 Å². The van der Waals surface area contributed by atoms with Gasteiger partial charge in [-0.25, -0.2) is 0 Å². The molecule has 0 spiro atoms. The Hall–Kier alpha value is -4.46. The van der Waals surface area contributed by atoms with Crippen LogP contribution in [-0.4, -0.2) is 41.7 Å². The summed E-state index contributed by atoms with van der Waals surface area (Å²) in [6, 6.07) is 18.9. The third kappa shape index (κ3) is 4.33. The molecule has 0 bridgehead atoms. The van der Waals surface area contributed by atoms with Crippen LogP contribution in [0.1, 0.15) is 56.4 Å². The summed E-state index contributed by atoms with van der Waals surface area (Å²) in [5, 5.41) is 2.87. The molecule has 5 rings (SSSR count). The summed E-state index contributed by atoms with van der Waals surface area (Å²) in [4.78, 5) is 53.6. The number of nitrogens with one attached hydrogen (secondary N) is 1. The van der Waals surface area contributed by atoms with Crippen LogP contribution in [0.3, 0.4) is 0 Å². The number of benzene rings is 3. The van der Waals surface area contributed by atoms with E-state index in [0.29, 0.717) is 53.3 Å². The second kappa shape index (κ2) is 9.65. The van der Waals surface area contributed by atoms with E-state index in [2.05, 4.69) is 5.32 Å². The molecule has 36 heavy (non-hydrogen) atoms. The van der Waals surface area contributed by atoms with E-state index in [4.69, 9.17) is 4.74 Å². The minimum Gasteiger partial charge on any atom is -0.493 e. The fraction of sp³-hybridized carbons (Fsp3) is 0.214. The van der Waals surface area contributed by atoms with Gasteiger partial charge in [0.05, 0.1) is 29.8 Å². The Balaban J connectivity index is 1.35. The van der Waals surface area contributed by atoms with E-state index in [9.17, 15) is 19.2 Å². The first-order chi connectivity index (χ1) is 17.5. The highest BCUT2D eigenvalue weighted by Crippen LogP contribution is 2.28. The summed E-state index contributed by atoms with van der Waals surface area (Å²) in [5.74, 6) is -0.588. The van der Waals surface area contributed by atoms with Gasteiger partial charge in [-0.15, -0.1) is 0 Å². The number of carbonyl (C=O) groups excluding carboxylic acids is 4. The molecule has 8 heteroatoms. The summed E-state index contributed by atoms with van der Waals surface area (Å²) >= 11 is 0. The molecule has 1 fully saturated rings. The van der Waals surface area contributed by atoms with E-state index in [-0.39, 0.29) is 30.2 Å². The SMILES string of the molecule is CCOc1ccc(CN2C(=O)c3ccccc3C2=O)cc1C(=O)Nc1ccc(N2CCCC2=O)cc1. The maximum atomic E-state index is 13.2. The van der Waals surface area contributed by atoms with Gasteiger partial charge < -0.3 is 15.0 Å². The first-order valence-electron chi connectivity index (χ1n) is 11.9. The van der Waals surface area contributed by atoms with Crippen molar-refractivity contribution in [3.63, 3.8) is 0 Å². The Morgan fingerprint density at radius 3 is 2.25 bits per heavy atom. The van der Waals surface area contributed by atoms with Gasteiger partial charge in [-0.3, -0.25) is 24.1 Å². The first kappa shape index (κ1) is 23.3. The molecular weight excluding hydrogens is 458 g/mol. The number of ether oxygens (including phenoxy) is 1. The molecular formula is C28H25N3O5. The molecule has 0 radical (unpaired) electrons. The van der Waals surface area contributed by atoms with E-state index < -0.39 is 0 Å². The fourth-order valence-corrected chi connectivity index (χ4v) is 4.54. The van der Waals surface area contributed by atoms with E-state index >= 15 is 0 Å². The van der Waals surface area contributed by atoms with Crippen molar-refractivity contribution in [1.29, 1.82) is 0 Å². The third-order valence-corrected chi connectivity index (χ3v) is 6.32. The number of carbonyl (C=O) groups is 4. The predicted octanol–water partition coefficient (Wildman–Crippen LogP) is 4.26. The molecule has 0 atom stereocenters. The molecule has 0 unspecified atom stereocenters. The van der Waals surface area contributed by atoms with Crippen LogP contribution in [0.5, 0.6) is 5.75 Å². The highest BCUT2D eigenvalue weighted by atomic mass is 16.5. The molecule has 2 aliphatic heterocycles. The fourth-order valence-electron chi connectivity index (χ4n) is 4.54.